The molecule has 0 saturated heterocycles. The fourth-order valence-corrected chi connectivity index (χ4v) is 0.813. The largest absolute Gasteiger partial charge is 0.372 e. The van der Waals surface area contributed by atoms with Crippen molar-refractivity contribution in [3.05, 3.63) is 0 Å². The van der Waals surface area contributed by atoms with E-state index >= 15 is 0 Å². The van der Waals surface area contributed by atoms with Crippen molar-refractivity contribution in [2.75, 3.05) is 26.7 Å². The maximum absolute atomic E-state index is 4.88. The molecular weight excluding hydrogens is 168 g/mol. The third-order valence-corrected chi connectivity index (χ3v) is 1.93. The van der Waals surface area contributed by atoms with E-state index in [2.05, 4.69) is 35.9 Å². The van der Waals surface area contributed by atoms with Gasteiger partial charge in [-0.05, 0) is 19.0 Å². The Labute approximate surface area is 80.3 Å². The fourth-order valence-electron chi connectivity index (χ4n) is 0.741. The molecule has 0 aliphatic carbocycles. The van der Waals surface area contributed by atoms with Crippen LogP contribution in [0.3, 0.4) is 0 Å². The molecule has 68 valence electrons. The Morgan fingerprint density at radius 2 is 2.00 bits per heavy atom. The lowest BCUT2D eigenvalue weighted by Gasteiger charge is -2.13. The number of hydrogen-bond acceptors (Lipinski definition) is 2. The van der Waals surface area contributed by atoms with E-state index in [1.54, 1.807) is 7.05 Å². The quantitative estimate of drug-likeness (QED) is 0.518. The average molecular weight is 184 g/mol. The minimum Gasteiger partial charge on any atom is -0.372 e. The number of rotatable bonds is 3. The van der Waals surface area contributed by atoms with Crippen LogP contribution in [0.5, 0.6) is 0 Å². The van der Waals surface area contributed by atoms with Gasteiger partial charge in [-0.25, -0.2) is 0 Å². The van der Waals surface area contributed by atoms with Crippen molar-refractivity contribution in [1.29, 1.82) is 0 Å². The highest BCUT2D eigenvalue weighted by atomic mass is 32.1. The number of hydrogen-bond donors (Lipinski definition) is 1. The standard InChI is InChI=1S/C9H16N2S/c1-4-11(5-2)8-6-7-9(12)10-3/h4-5,8H2,1-3H3,(H,10,12). The highest BCUT2D eigenvalue weighted by Gasteiger charge is 1.93. The number of thiocarbonyl (C=S) groups is 1. The Hall–Kier alpha value is -0.590. The summed E-state index contributed by atoms with van der Waals surface area (Å²) >= 11 is 4.88. The zero-order valence-corrected chi connectivity index (χ0v) is 8.79. The monoisotopic (exact) mass is 184 g/mol. The van der Waals surface area contributed by atoms with E-state index in [1.807, 2.05) is 0 Å². The first-order chi connectivity index (χ1) is 5.74. The van der Waals surface area contributed by atoms with Crippen molar-refractivity contribution < 1.29 is 0 Å². The fraction of sp³-hybridized carbons (Fsp3) is 0.667. The molecule has 0 aliphatic heterocycles. The van der Waals surface area contributed by atoms with Crippen LogP contribution in [0.1, 0.15) is 13.8 Å². The summed E-state index contributed by atoms with van der Waals surface area (Å²) in [7, 11) is 1.79. The molecule has 0 rings (SSSR count). The zero-order chi connectivity index (χ0) is 9.40. The number of nitrogens with one attached hydrogen (secondary N) is 1. The Bertz CT molecular complexity index is 186. The van der Waals surface area contributed by atoms with Gasteiger partial charge in [-0.1, -0.05) is 32.0 Å². The molecule has 2 nitrogen and oxygen atoms in total. The van der Waals surface area contributed by atoms with Gasteiger partial charge in [0.05, 0.1) is 6.54 Å². The van der Waals surface area contributed by atoms with E-state index < -0.39 is 0 Å². The lowest BCUT2D eigenvalue weighted by molar-refractivity contribution is 0.342. The van der Waals surface area contributed by atoms with Gasteiger partial charge in [0.1, 0.15) is 0 Å². The van der Waals surface area contributed by atoms with Crippen LogP contribution in [-0.4, -0.2) is 36.6 Å². The summed E-state index contributed by atoms with van der Waals surface area (Å²) in [5.74, 6) is 5.87. The molecule has 0 saturated carbocycles. The molecule has 1 N–H and O–H groups in total. The lowest BCUT2D eigenvalue weighted by atomic mass is 10.4. The van der Waals surface area contributed by atoms with Crippen molar-refractivity contribution in [2.45, 2.75) is 13.8 Å². The predicted octanol–water partition coefficient (Wildman–Crippen LogP) is 0.878. The molecule has 0 aliphatic rings. The first-order valence-electron chi connectivity index (χ1n) is 4.17. The Balaban J connectivity index is 3.75. The van der Waals surface area contributed by atoms with Gasteiger partial charge < -0.3 is 5.32 Å². The molecule has 0 aromatic heterocycles. The third kappa shape index (κ3) is 5.11. The maximum Gasteiger partial charge on any atom is 0.150 e. The summed E-state index contributed by atoms with van der Waals surface area (Å²) in [4.78, 5) is 2.85. The van der Waals surface area contributed by atoms with Gasteiger partial charge in [-0.2, -0.15) is 0 Å². The van der Waals surface area contributed by atoms with E-state index in [0.29, 0.717) is 4.99 Å². The minimum absolute atomic E-state index is 0.613. The highest BCUT2D eigenvalue weighted by Crippen LogP contribution is 1.83. The van der Waals surface area contributed by atoms with Crippen LogP contribution < -0.4 is 5.32 Å². The van der Waals surface area contributed by atoms with E-state index in [4.69, 9.17) is 12.2 Å². The molecule has 0 aromatic rings. The summed E-state index contributed by atoms with van der Waals surface area (Å²) in [5, 5.41) is 2.81. The molecule has 0 amide bonds. The Kier molecular flexibility index (Phi) is 6.73. The van der Waals surface area contributed by atoms with Gasteiger partial charge in [-0.3, -0.25) is 4.90 Å². The van der Waals surface area contributed by atoms with Crippen LogP contribution in [0.4, 0.5) is 0 Å². The van der Waals surface area contributed by atoms with Gasteiger partial charge in [-0.15, -0.1) is 0 Å². The van der Waals surface area contributed by atoms with Gasteiger partial charge >= 0.3 is 0 Å². The zero-order valence-electron chi connectivity index (χ0n) is 7.98. The van der Waals surface area contributed by atoms with Crippen LogP contribution in [0.15, 0.2) is 0 Å². The van der Waals surface area contributed by atoms with Crippen LogP contribution in [0.25, 0.3) is 0 Å². The molecule has 0 atom stereocenters. The summed E-state index contributed by atoms with van der Waals surface area (Å²) < 4.78 is 0. The van der Waals surface area contributed by atoms with Gasteiger partial charge in [0.2, 0.25) is 0 Å². The van der Waals surface area contributed by atoms with Crippen molar-refractivity contribution in [3.8, 4) is 11.8 Å². The Morgan fingerprint density at radius 1 is 1.42 bits per heavy atom. The second kappa shape index (κ2) is 7.08. The van der Waals surface area contributed by atoms with Gasteiger partial charge in [0, 0.05) is 7.05 Å². The molecule has 0 heterocycles. The average Bonchev–Trinajstić information content (AvgIpc) is 2.12. The SMILES string of the molecule is CCN(CC)CC#CC(=S)NC. The maximum atomic E-state index is 4.88. The van der Waals surface area contributed by atoms with Crippen LogP contribution in [0.2, 0.25) is 0 Å². The Morgan fingerprint density at radius 3 is 2.42 bits per heavy atom. The molecule has 0 aromatic carbocycles. The topological polar surface area (TPSA) is 15.3 Å². The minimum atomic E-state index is 0.613. The second-order valence-corrected chi connectivity index (χ2v) is 2.75. The predicted molar refractivity (Wildman–Crippen MR) is 57.2 cm³/mol. The summed E-state index contributed by atoms with van der Waals surface area (Å²) in [6.45, 7) is 7.13. The van der Waals surface area contributed by atoms with E-state index in [-0.39, 0.29) is 0 Å². The third-order valence-electron chi connectivity index (χ3n) is 1.63. The van der Waals surface area contributed by atoms with Crippen molar-refractivity contribution >= 4 is 17.2 Å². The van der Waals surface area contributed by atoms with Crippen LogP contribution >= 0.6 is 12.2 Å². The van der Waals surface area contributed by atoms with E-state index in [1.165, 1.54) is 0 Å². The van der Waals surface area contributed by atoms with Crippen LogP contribution in [-0.2, 0) is 0 Å². The molecule has 0 bridgehead atoms. The molecule has 0 radical (unpaired) electrons. The summed E-state index contributed by atoms with van der Waals surface area (Å²) in [6.07, 6.45) is 0. The van der Waals surface area contributed by atoms with E-state index in [9.17, 15) is 0 Å². The summed E-state index contributed by atoms with van der Waals surface area (Å²) in [5.41, 5.74) is 0. The molecule has 0 spiro atoms. The number of nitrogens with zero attached hydrogens (tertiary/aromatic N) is 1. The molecule has 0 fully saturated rings. The first kappa shape index (κ1) is 11.4. The molecule has 3 heteroatoms. The lowest BCUT2D eigenvalue weighted by Crippen LogP contribution is -2.23. The smallest absolute Gasteiger partial charge is 0.150 e. The van der Waals surface area contributed by atoms with E-state index in [0.717, 1.165) is 19.6 Å². The first-order valence-corrected chi connectivity index (χ1v) is 4.58. The second-order valence-electron chi connectivity index (χ2n) is 2.34. The van der Waals surface area contributed by atoms with Crippen molar-refractivity contribution in [2.24, 2.45) is 0 Å². The van der Waals surface area contributed by atoms with Gasteiger partial charge in [0.15, 0.2) is 4.99 Å². The van der Waals surface area contributed by atoms with Crippen molar-refractivity contribution in [3.63, 3.8) is 0 Å². The van der Waals surface area contributed by atoms with Gasteiger partial charge in [0.25, 0.3) is 0 Å². The van der Waals surface area contributed by atoms with Crippen molar-refractivity contribution in [1.82, 2.24) is 10.2 Å². The molecule has 0 unspecified atom stereocenters. The van der Waals surface area contributed by atoms with Crippen LogP contribution in [0, 0.1) is 11.8 Å². The normalized spacial score (nSPS) is 9.00. The molecular formula is C9H16N2S. The molecule has 12 heavy (non-hydrogen) atoms. The highest BCUT2D eigenvalue weighted by molar-refractivity contribution is 7.80. The summed E-state index contributed by atoms with van der Waals surface area (Å²) in [6, 6.07) is 0.